The first kappa shape index (κ1) is 7.35. The van der Waals surface area contributed by atoms with E-state index in [4.69, 9.17) is 4.74 Å². The molecule has 0 spiro atoms. The molecule has 1 nitrogen and oxygen atoms in total. The Balaban J connectivity index is 2.40. The first-order valence-electron chi connectivity index (χ1n) is 3.25. The maximum Gasteiger partial charge on any atom is 0.0845 e. The van der Waals surface area contributed by atoms with Crippen molar-refractivity contribution in [3.05, 3.63) is 28.7 Å². The van der Waals surface area contributed by atoms with Crippen LogP contribution in [0.2, 0.25) is 0 Å². The lowest BCUT2D eigenvalue weighted by Gasteiger charge is -1.89. The molecule has 1 heterocycles. The largest absolute Gasteiger partial charge is 0.501 e. The van der Waals surface area contributed by atoms with Gasteiger partial charge in [0, 0.05) is 4.88 Å². The summed E-state index contributed by atoms with van der Waals surface area (Å²) in [5.74, 6) is 0. The summed E-state index contributed by atoms with van der Waals surface area (Å²) in [4.78, 5) is 1.23. The van der Waals surface area contributed by atoms with Gasteiger partial charge in [-0.1, -0.05) is 6.07 Å². The lowest BCUT2D eigenvalue weighted by atomic mass is 10.5. The Kier molecular flexibility index (Phi) is 3.03. The summed E-state index contributed by atoms with van der Waals surface area (Å²) in [5.41, 5.74) is 0. The molecule has 0 saturated heterocycles. The van der Waals surface area contributed by atoms with Gasteiger partial charge in [0.2, 0.25) is 0 Å². The van der Waals surface area contributed by atoms with E-state index in [9.17, 15) is 0 Å². The van der Waals surface area contributed by atoms with Crippen molar-refractivity contribution in [1.29, 1.82) is 0 Å². The Morgan fingerprint density at radius 2 is 2.60 bits per heavy atom. The predicted octanol–water partition coefficient (Wildman–Crippen LogP) is 2.76. The smallest absolute Gasteiger partial charge is 0.0845 e. The number of thiophene rings is 1. The molecule has 0 fully saturated rings. The van der Waals surface area contributed by atoms with Crippen LogP contribution < -0.4 is 0 Å². The Labute approximate surface area is 65.0 Å². The molecule has 1 aromatic heterocycles. The maximum atomic E-state index is 5.03. The van der Waals surface area contributed by atoms with Crippen molar-refractivity contribution in [2.75, 3.05) is 6.61 Å². The van der Waals surface area contributed by atoms with Crippen LogP contribution in [0, 0.1) is 0 Å². The second-order valence-corrected chi connectivity index (χ2v) is 2.75. The third-order valence-corrected chi connectivity index (χ3v) is 1.88. The zero-order chi connectivity index (χ0) is 7.23. The summed E-state index contributed by atoms with van der Waals surface area (Å²) in [6.07, 6.45) is 3.69. The molecule has 0 aliphatic carbocycles. The minimum atomic E-state index is 0.738. The van der Waals surface area contributed by atoms with Crippen LogP contribution in [-0.2, 0) is 4.74 Å². The SMILES string of the molecule is CCO/C=C/c1cccs1. The van der Waals surface area contributed by atoms with Crippen LogP contribution in [0.5, 0.6) is 0 Å². The van der Waals surface area contributed by atoms with Crippen molar-refractivity contribution in [3.8, 4) is 0 Å². The van der Waals surface area contributed by atoms with E-state index in [2.05, 4.69) is 6.07 Å². The van der Waals surface area contributed by atoms with Crippen molar-refractivity contribution in [3.63, 3.8) is 0 Å². The summed E-state index contributed by atoms with van der Waals surface area (Å²) in [6, 6.07) is 4.08. The van der Waals surface area contributed by atoms with Crippen LogP contribution in [-0.4, -0.2) is 6.61 Å². The van der Waals surface area contributed by atoms with E-state index in [0.717, 1.165) is 6.61 Å². The average Bonchev–Trinajstić information content (AvgIpc) is 2.41. The summed E-state index contributed by atoms with van der Waals surface area (Å²) in [7, 11) is 0. The molecule has 1 rings (SSSR count). The minimum absolute atomic E-state index is 0.738. The van der Waals surface area contributed by atoms with Gasteiger partial charge >= 0.3 is 0 Å². The Morgan fingerprint density at radius 1 is 1.70 bits per heavy atom. The van der Waals surface area contributed by atoms with Gasteiger partial charge in [-0.2, -0.15) is 0 Å². The highest BCUT2D eigenvalue weighted by atomic mass is 32.1. The monoisotopic (exact) mass is 154 g/mol. The first-order valence-corrected chi connectivity index (χ1v) is 4.13. The summed E-state index contributed by atoms with van der Waals surface area (Å²) in [5, 5.41) is 2.05. The molecule has 0 bridgehead atoms. The standard InChI is InChI=1S/C8H10OS/c1-2-9-6-5-8-4-3-7-10-8/h3-7H,2H2,1H3/b6-5+. The van der Waals surface area contributed by atoms with Crippen molar-refractivity contribution >= 4 is 17.4 Å². The zero-order valence-corrected chi connectivity index (χ0v) is 6.73. The average molecular weight is 154 g/mol. The molecule has 0 radical (unpaired) electrons. The molecular weight excluding hydrogens is 144 g/mol. The highest BCUT2D eigenvalue weighted by molar-refractivity contribution is 7.10. The van der Waals surface area contributed by atoms with Crippen LogP contribution in [0.3, 0.4) is 0 Å². The summed E-state index contributed by atoms with van der Waals surface area (Å²) in [6.45, 7) is 2.71. The van der Waals surface area contributed by atoms with Gasteiger partial charge in [0.1, 0.15) is 0 Å². The molecule has 54 valence electrons. The Morgan fingerprint density at radius 3 is 3.20 bits per heavy atom. The van der Waals surface area contributed by atoms with Crippen LogP contribution in [0.15, 0.2) is 23.8 Å². The number of hydrogen-bond acceptors (Lipinski definition) is 2. The minimum Gasteiger partial charge on any atom is -0.501 e. The van der Waals surface area contributed by atoms with Gasteiger partial charge in [-0.25, -0.2) is 0 Å². The van der Waals surface area contributed by atoms with Gasteiger partial charge in [0.25, 0.3) is 0 Å². The van der Waals surface area contributed by atoms with E-state index in [-0.39, 0.29) is 0 Å². The Bertz CT molecular complexity index is 189. The van der Waals surface area contributed by atoms with Crippen molar-refractivity contribution in [1.82, 2.24) is 0 Å². The van der Waals surface area contributed by atoms with Gasteiger partial charge in [-0.3, -0.25) is 0 Å². The third-order valence-electron chi connectivity index (χ3n) is 1.04. The van der Waals surface area contributed by atoms with Gasteiger partial charge in [-0.05, 0) is 24.4 Å². The quantitative estimate of drug-likeness (QED) is 0.608. The molecule has 0 atom stereocenters. The fourth-order valence-electron chi connectivity index (χ4n) is 0.597. The maximum absolute atomic E-state index is 5.03. The van der Waals surface area contributed by atoms with E-state index in [1.54, 1.807) is 17.6 Å². The molecule has 1 aromatic rings. The lowest BCUT2D eigenvalue weighted by Crippen LogP contribution is -1.74. The summed E-state index contributed by atoms with van der Waals surface area (Å²) < 4.78 is 5.03. The van der Waals surface area contributed by atoms with E-state index in [1.165, 1.54) is 4.88 Å². The number of rotatable bonds is 3. The fraction of sp³-hybridized carbons (Fsp3) is 0.250. The van der Waals surface area contributed by atoms with Crippen molar-refractivity contribution in [2.45, 2.75) is 6.92 Å². The van der Waals surface area contributed by atoms with E-state index >= 15 is 0 Å². The molecule has 0 N–H and O–H groups in total. The van der Waals surface area contributed by atoms with Gasteiger partial charge < -0.3 is 4.74 Å². The van der Waals surface area contributed by atoms with E-state index < -0.39 is 0 Å². The normalized spacial score (nSPS) is 10.5. The highest BCUT2D eigenvalue weighted by Gasteiger charge is 1.82. The van der Waals surface area contributed by atoms with Gasteiger partial charge in [-0.15, -0.1) is 11.3 Å². The second-order valence-electron chi connectivity index (χ2n) is 1.77. The predicted molar refractivity (Wildman–Crippen MR) is 45.0 cm³/mol. The number of ether oxygens (including phenoxy) is 1. The van der Waals surface area contributed by atoms with Crippen molar-refractivity contribution in [2.24, 2.45) is 0 Å². The van der Waals surface area contributed by atoms with Crippen LogP contribution in [0.25, 0.3) is 6.08 Å². The third kappa shape index (κ3) is 2.23. The lowest BCUT2D eigenvalue weighted by molar-refractivity contribution is 0.272. The topological polar surface area (TPSA) is 9.23 Å². The van der Waals surface area contributed by atoms with E-state index in [0.29, 0.717) is 0 Å². The molecule has 0 unspecified atom stereocenters. The fourth-order valence-corrected chi connectivity index (χ4v) is 1.20. The second kappa shape index (κ2) is 4.12. The molecule has 0 aromatic carbocycles. The highest BCUT2D eigenvalue weighted by Crippen LogP contribution is 2.09. The van der Waals surface area contributed by atoms with Crippen LogP contribution in [0.4, 0.5) is 0 Å². The van der Waals surface area contributed by atoms with Crippen LogP contribution >= 0.6 is 11.3 Å². The summed E-state index contributed by atoms with van der Waals surface area (Å²) >= 11 is 1.71. The van der Waals surface area contributed by atoms with Crippen LogP contribution in [0.1, 0.15) is 11.8 Å². The molecule has 0 aliphatic rings. The van der Waals surface area contributed by atoms with Gasteiger partial charge in [0.15, 0.2) is 0 Å². The molecule has 0 saturated carbocycles. The molecule has 10 heavy (non-hydrogen) atoms. The van der Waals surface area contributed by atoms with Gasteiger partial charge in [0.05, 0.1) is 12.9 Å². The molecule has 0 aliphatic heterocycles. The first-order chi connectivity index (χ1) is 4.93. The van der Waals surface area contributed by atoms with Crippen molar-refractivity contribution < 1.29 is 4.74 Å². The van der Waals surface area contributed by atoms with E-state index in [1.807, 2.05) is 24.4 Å². The molecule has 0 amide bonds. The zero-order valence-electron chi connectivity index (χ0n) is 5.91. The Hall–Kier alpha value is -0.760. The molecular formula is C8H10OS. The molecule has 2 heteroatoms. The number of hydrogen-bond donors (Lipinski definition) is 0.